The molecule has 2 N–H and O–H groups in total. The number of rotatable bonds is 4. The number of ketones is 1. The number of nitrogens with two attached hydrogens (primary N) is 1. The molecular weight excluding hydrogens is 212 g/mol. The molecule has 1 aromatic heterocycles. The first-order valence-corrected chi connectivity index (χ1v) is 5.83. The second-order valence-corrected chi connectivity index (χ2v) is 4.15. The first-order chi connectivity index (χ1) is 8.22. The van der Waals surface area contributed by atoms with E-state index in [2.05, 4.69) is 4.98 Å². The number of aromatic nitrogens is 1. The third-order valence-corrected chi connectivity index (χ3v) is 2.96. The molecular formula is C14H16N2O. The fourth-order valence-electron chi connectivity index (χ4n) is 1.86. The van der Waals surface area contributed by atoms with Gasteiger partial charge in [0.1, 0.15) is 0 Å². The maximum atomic E-state index is 11.8. The van der Waals surface area contributed by atoms with Crippen LogP contribution in [0.4, 0.5) is 0 Å². The molecule has 1 unspecified atom stereocenters. The Hall–Kier alpha value is -1.74. The highest BCUT2D eigenvalue weighted by molar-refractivity contribution is 5.91. The van der Waals surface area contributed by atoms with Crippen molar-refractivity contribution < 1.29 is 4.79 Å². The zero-order chi connectivity index (χ0) is 12.3. The van der Waals surface area contributed by atoms with Crippen molar-refractivity contribution in [3.8, 4) is 0 Å². The average Bonchev–Trinajstić information content (AvgIpc) is 2.38. The summed E-state index contributed by atoms with van der Waals surface area (Å²) < 4.78 is 0. The Labute approximate surface area is 101 Å². The van der Waals surface area contributed by atoms with Crippen LogP contribution in [0.2, 0.25) is 0 Å². The van der Waals surface area contributed by atoms with Crippen LogP contribution in [0.1, 0.15) is 18.9 Å². The second kappa shape index (κ2) is 5.06. The van der Waals surface area contributed by atoms with Crippen molar-refractivity contribution in [2.24, 2.45) is 5.73 Å². The molecule has 0 bridgehead atoms. The molecule has 0 fully saturated rings. The van der Waals surface area contributed by atoms with Crippen molar-refractivity contribution in [2.75, 3.05) is 0 Å². The summed E-state index contributed by atoms with van der Waals surface area (Å²) in [6, 6.07) is 9.37. The molecule has 0 saturated heterocycles. The lowest BCUT2D eigenvalue weighted by molar-refractivity contribution is -0.119. The molecule has 1 heterocycles. The van der Waals surface area contributed by atoms with Crippen molar-refractivity contribution in [1.29, 1.82) is 0 Å². The van der Waals surface area contributed by atoms with Gasteiger partial charge in [-0.2, -0.15) is 0 Å². The van der Waals surface area contributed by atoms with Gasteiger partial charge in [0, 0.05) is 18.0 Å². The summed E-state index contributed by atoms with van der Waals surface area (Å²) in [5.74, 6) is 0.0869. The zero-order valence-electron chi connectivity index (χ0n) is 9.89. The molecule has 2 rings (SSSR count). The molecule has 0 aliphatic heterocycles. The van der Waals surface area contributed by atoms with Crippen molar-refractivity contribution >= 4 is 16.7 Å². The molecule has 3 nitrogen and oxygen atoms in total. The molecule has 0 radical (unpaired) electrons. The zero-order valence-corrected chi connectivity index (χ0v) is 9.89. The lowest BCUT2D eigenvalue weighted by atomic mass is 10.00. The number of nitrogens with zero attached hydrogens (tertiary/aromatic N) is 1. The SMILES string of the molecule is CCC(N)C(=O)Cc1ccnc2ccccc12. The molecule has 17 heavy (non-hydrogen) atoms. The summed E-state index contributed by atoms with van der Waals surface area (Å²) >= 11 is 0. The molecule has 1 atom stereocenters. The van der Waals surface area contributed by atoms with E-state index in [9.17, 15) is 4.79 Å². The Balaban J connectivity index is 2.33. The van der Waals surface area contributed by atoms with Gasteiger partial charge in [0.05, 0.1) is 11.6 Å². The lowest BCUT2D eigenvalue weighted by Gasteiger charge is -2.09. The van der Waals surface area contributed by atoms with Gasteiger partial charge in [-0.05, 0) is 24.1 Å². The third kappa shape index (κ3) is 2.50. The van der Waals surface area contributed by atoms with Gasteiger partial charge < -0.3 is 5.73 Å². The Morgan fingerprint density at radius 3 is 2.88 bits per heavy atom. The number of benzene rings is 1. The number of para-hydroxylation sites is 1. The van der Waals surface area contributed by atoms with Gasteiger partial charge in [0.25, 0.3) is 0 Å². The predicted molar refractivity (Wildman–Crippen MR) is 68.7 cm³/mol. The van der Waals surface area contributed by atoms with E-state index in [1.807, 2.05) is 37.3 Å². The number of hydrogen-bond acceptors (Lipinski definition) is 3. The van der Waals surface area contributed by atoms with Gasteiger partial charge in [-0.1, -0.05) is 25.1 Å². The van der Waals surface area contributed by atoms with Crippen LogP contribution in [0, 0.1) is 0 Å². The van der Waals surface area contributed by atoms with Gasteiger partial charge in [0.15, 0.2) is 5.78 Å². The van der Waals surface area contributed by atoms with Crippen molar-refractivity contribution in [3.05, 3.63) is 42.1 Å². The second-order valence-electron chi connectivity index (χ2n) is 4.15. The Bertz CT molecular complexity index is 531. The molecule has 0 spiro atoms. The van der Waals surface area contributed by atoms with Crippen LogP contribution in [-0.2, 0) is 11.2 Å². The van der Waals surface area contributed by atoms with Gasteiger partial charge in [0.2, 0.25) is 0 Å². The smallest absolute Gasteiger partial charge is 0.153 e. The van der Waals surface area contributed by atoms with E-state index in [1.54, 1.807) is 6.20 Å². The number of hydrogen-bond donors (Lipinski definition) is 1. The summed E-state index contributed by atoms with van der Waals surface area (Å²) in [6.45, 7) is 1.92. The Morgan fingerprint density at radius 1 is 1.35 bits per heavy atom. The normalized spacial score (nSPS) is 12.6. The third-order valence-electron chi connectivity index (χ3n) is 2.96. The van der Waals surface area contributed by atoms with Gasteiger partial charge in [-0.25, -0.2) is 0 Å². The first kappa shape index (κ1) is 11.7. The predicted octanol–water partition coefficient (Wildman–Crippen LogP) is 2.08. The molecule has 0 aliphatic carbocycles. The van der Waals surface area contributed by atoms with E-state index in [1.165, 1.54) is 0 Å². The quantitative estimate of drug-likeness (QED) is 0.871. The van der Waals surface area contributed by atoms with Crippen LogP contribution in [0.3, 0.4) is 0 Å². The van der Waals surface area contributed by atoms with Gasteiger partial charge >= 0.3 is 0 Å². The summed E-state index contributed by atoms with van der Waals surface area (Å²) in [4.78, 5) is 16.1. The van der Waals surface area contributed by atoms with E-state index >= 15 is 0 Å². The number of carbonyl (C=O) groups excluding carboxylic acids is 1. The highest BCUT2D eigenvalue weighted by Crippen LogP contribution is 2.17. The lowest BCUT2D eigenvalue weighted by Crippen LogP contribution is -2.30. The number of carbonyl (C=O) groups is 1. The van der Waals surface area contributed by atoms with Crippen LogP contribution in [-0.4, -0.2) is 16.8 Å². The number of fused-ring (bicyclic) bond motifs is 1. The van der Waals surface area contributed by atoms with Crippen LogP contribution < -0.4 is 5.73 Å². The summed E-state index contributed by atoms with van der Waals surface area (Å²) in [5, 5.41) is 1.03. The molecule has 1 aromatic carbocycles. The molecule has 2 aromatic rings. The molecule has 0 saturated carbocycles. The molecule has 3 heteroatoms. The maximum absolute atomic E-state index is 11.8. The topological polar surface area (TPSA) is 56.0 Å². The standard InChI is InChI=1S/C14H16N2O/c1-2-12(15)14(17)9-10-7-8-16-13-6-4-3-5-11(10)13/h3-8,12H,2,9,15H2,1H3. The highest BCUT2D eigenvalue weighted by Gasteiger charge is 2.13. The van der Waals surface area contributed by atoms with Crippen LogP contribution in [0.25, 0.3) is 10.9 Å². The maximum Gasteiger partial charge on any atom is 0.153 e. The summed E-state index contributed by atoms with van der Waals surface area (Å²) in [7, 11) is 0. The van der Waals surface area contributed by atoms with Crippen molar-refractivity contribution in [2.45, 2.75) is 25.8 Å². The molecule has 0 aliphatic rings. The fraction of sp³-hybridized carbons (Fsp3) is 0.286. The average molecular weight is 228 g/mol. The van der Waals surface area contributed by atoms with E-state index in [0.717, 1.165) is 16.5 Å². The highest BCUT2D eigenvalue weighted by atomic mass is 16.1. The summed E-state index contributed by atoms with van der Waals surface area (Å²) in [6.07, 6.45) is 2.81. The van der Waals surface area contributed by atoms with Crippen molar-refractivity contribution in [1.82, 2.24) is 4.98 Å². The van der Waals surface area contributed by atoms with Crippen LogP contribution >= 0.6 is 0 Å². The Kier molecular flexibility index (Phi) is 3.49. The Morgan fingerprint density at radius 2 is 2.12 bits per heavy atom. The monoisotopic (exact) mass is 228 g/mol. The number of Topliss-reactive ketones (excluding diaryl/α,β-unsaturated/α-hetero) is 1. The largest absolute Gasteiger partial charge is 0.322 e. The number of pyridine rings is 1. The van der Waals surface area contributed by atoms with E-state index < -0.39 is 0 Å². The van der Waals surface area contributed by atoms with Gasteiger partial charge in [-0.3, -0.25) is 9.78 Å². The summed E-state index contributed by atoms with van der Waals surface area (Å²) in [5.41, 5.74) is 7.67. The fourth-order valence-corrected chi connectivity index (χ4v) is 1.86. The van der Waals surface area contributed by atoms with Crippen LogP contribution in [0.15, 0.2) is 36.5 Å². The minimum Gasteiger partial charge on any atom is -0.322 e. The minimum absolute atomic E-state index is 0.0869. The van der Waals surface area contributed by atoms with E-state index in [4.69, 9.17) is 5.73 Å². The van der Waals surface area contributed by atoms with E-state index in [-0.39, 0.29) is 11.8 Å². The van der Waals surface area contributed by atoms with Crippen molar-refractivity contribution in [3.63, 3.8) is 0 Å². The molecule has 88 valence electrons. The van der Waals surface area contributed by atoms with E-state index in [0.29, 0.717) is 12.8 Å². The molecule has 0 amide bonds. The minimum atomic E-state index is -0.359. The van der Waals surface area contributed by atoms with Crippen LogP contribution in [0.5, 0.6) is 0 Å². The first-order valence-electron chi connectivity index (χ1n) is 5.83. The van der Waals surface area contributed by atoms with Gasteiger partial charge in [-0.15, -0.1) is 0 Å².